The summed E-state index contributed by atoms with van der Waals surface area (Å²) >= 11 is 0. The van der Waals surface area contributed by atoms with Crippen LogP contribution in [0.3, 0.4) is 0 Å². The van der Waals surface area contributed by atoms with Crippen molar-refractivity contribution in [1.29, 1.82) is 0 Å². The lowest BCUT2D eigenvalue weighted by Crippen LogP contribution is -1.94. The van der Waals surface area contributed by atoms with E-state index < -0.39 is 12.1 Å². The van der Waals surface area contributed by atoms with Gasteiger partial charge in [-0.25, -0.2) is 0 Å². The van der Waals surface area contributed by atoms with Gasteiger partial charge in [-0.05, 0) is 111 Å². The van der Waals surface area contributed by atoms with Crippen molar-refractivity contribution in [3.05, 3.63) is 218 Å². The molecule has 0 aliphatic rings. The Balaban J connectivity index is 1.17. The average molecular weight is 720 g/mol. The zero-order chi connectivity index (χ0) is 43.1. The predicted molar refractivity (Wildman–Crippen MR) is 237 cm³/mol. The van der Waals surface area contributed by atoms with Gasteiger partial charge in [-0.3, -0.25) is 0 Å². The fourth-order valence-electron chi connectivity index (χ4n) is 8.07. The molecule has 0 unspecified atom stereocenters. The lowest BCUT2D eigenvalue weighted by atomic mass is 9.99. The highest BCUT2D eigenvalue weighted by molar-refractivity contribution is 6.13. The molecule has 0 spiro atoms. The first kappa shape index (κ1) is 25.6. The zero-order valence-corrected chi connectivity index (χ0v) is 30.1. The molecule has 0 amide bonds. The van der Waals surface area contributed by atoms with E-state index in [-0.39, 0.29) is 57.6 Å². The molecule has 0 saturated heterocycles. The van der Waals surface area contributed by atoms with Crippen molar-refractivity contribution in [2.45, 2.75) is 0 Å². The average Bonchev–Trinajstić information content (AvgIpc) is 3.87. The van der Waals surface area contributed by atoms with Crippen molar-refractivity contribution >= 4 is 43.6 Å². The second kappa shape index (κ2) is 13.2. The fraction of sp³-hybridized carbons (Fsp3) is 0. The molecule has 0 N–H and O–H groups in total. The molecule has 0 aliphatic heterocycles. The van der Waals surface area contributed by atoms with E-state index in [0.29, 0.717) is 11.3 Å². The monoisotopic (exact) mass is 719 g/mol. The van der Waals surface area contributed by atoms with Gasteiger partial charge in [0.15, 0.2) is 0 Å². The predicted octanol–water partition coefficient (Wildman–Crippen LogP) is 14.5. The quantitative estimate of drug-likeness (QED) is 0.162. The molecule has 9 aromatic carbocycles. The first-order chi connectivity index (χ1) is 30.7. The van der Waals surface area contributed by atoms with E-state index in [9.17, 15) is 5.48 Å². The Morgan fingerprint density at radius 2 is 0.768 bits per heavy atom. The Bertz CT molecular complexity index is 3620. The number of aromatic nitrogens is 2. The Morgan fingerprint density at radius 3 is 1.41 bits per heavy atom. The van der Waals surface area contributed by atoms with Crippen LogP contribution in [0.1, 0.15) is 9.60 Å². The van der Waals surface area contributed by atoms with E-state index in [2.05, 4.69) is 71.3 Å². The molecule has 56 heavy (non-hydrogen) atoms. The molecule has 0 fully saturated rings. The molecule has 2 heterocycles. The number of hydrogen-bond donors (Lipinski definition) is 0. The molecular formula is C54H36N2. The van der Waals surface area contributed by atoms with Crippen LogP contribution in [-0.2, 0) is 0 Å². The van der Waals surface area contributed by atoms with Gasteiger partial charge in [0.2, 0.25) is 0 Å². The Kier molecular flexibility index (Phi) is 6.01. The number of nitrogens with zero attached hydrogens (tertiary/aromatic N) is 2. The van der Waals surface area contributed by atoms with Crippen molar-refractivity contribution in [2.75, 3.05) is 0 Å². The van der Waals surface area contributed by atoms with Crippen molar-refractivity contribution < 1.29 is 9.60 Å². The molecule has 2 heteroatoms. The Morgan fingerprint density at radius 1 is 0.286 bits per heavy atom. The van der Waals surface area contributed by atoms with Crippen molar-refractivity contribution in [3.63, 3.8) is 0 Å². The summed E-state index contributed by atoms with van der Waals surface area (Å²) in [6, 6.07) is 56.9. The van der Waals surface area contributed by atoms with Crippen LogP contribution in [0.2, 0.25) is 0 Å². The van der Waals surface area contributed by atoms with E-state index in [1.165, 1.54) is 0 Å². The van der Waals surface area contributed by atoms with Gasteiger partial charge in [0.25, 0.3) is 0 Å². The highest BCUT2D eigenvalue weighted by Crippen LogP contribution is 2.40. The minimum Gasteiger partial charge on any atom is -0.309 e. The molecule has 11 aromatic rings. The summed E-state index contributed by atoms with van der Waals surface area (Å²) in [6.07, 6.45) is 0. The van der Waals surface area contributed by atoms with Crippen molar-refractivity contribution in [2.24, 2.45) is 0 Å². The maximum Gasteiger partial charge on any atom is 0.0645 e. The Hall–Kier alpha value is -7.42. The van der Waals surface area contributed by atoms with E-state index in [1.807, 2.05) is 109 Å². The number of hydrogen-bond acceptors (Lipinski definition) is 0. The third-order valence-corrected chi connectivity index (χ3v) is 10.8. The maximum absolute atomic E-state index is 9.90. The molecule has 0 aliphatic carbocycles. The van der Waals surface area contributed by atoms with Gasteiger partial charge in [0.05, 0.1) is 31.7 Å². The number of fused-ring (bicyclic) bond motifs is 6. The van der Waals surface area contributed by atoms with E-state index in [4.69, 9.17) is 4.11 Å². The smallest absolute Gasteiger partial charge is 0.0645 e. The van der Waals surface area contributed by atoms with Gasteiger partial charge in [-0.15, -0.1) is 0 Å². The summed E-state index contributed by atoms with van der Waals surface area (Å²) in [5, 5.41) is 2.23. The molecule has 0 bridgehead atoms. The second-order valence-corrected chi connectivity index (χ2v) is 14.0. The van der Waals surface area contributed by atoms with E-state index in [1.54, 1.807) is 4.57 Å². The van der Waals surface area contributed by atoms with Crippen LogP contribution in [0.5, 0.6) is 0 Å². The molecule has 11 rings (SSSR count). The van der Waals surface area contributed by atoms with Gasteiger partial charge in [-0.2, -0.15) is 0 Å². The third-order valence-electron chi connectivity index (χ3n) is 10.8. The summed E-state index contributed by atoms with van der Waals surface area (Å²) in [5.74, 6) is 0. The minimum absolute atomic E-state index is 0.0793. The first-order valence-electron chi connectivity index (χ1n) is 22.2. The van der Waals surface area contributed by atoms with Crippen LogP contribution in [0.15, 0.2) is 218 Å². The van der Waals surface area contributed by atoms with Gasteiger partial charge in [-0.1, -0.05) is 152 Å². The number of rotatable bonds is 6. The van der Waals surface area contributed by atoms with Gasteiger partial charge >= 0.3 is 0 Å². The van der Waals surface area contributed by atoms with Crippen LogP contribution in [-0.4, -0.2) is 9.13 Å². The summed E-state index contributed by atoms with van der Waals surface area (Å²) < 4.78 is 68.7. The number of para-hydroxylation sites is 1. The van der Waals surface area contributed by atoms with Crippen LogP contribution in [0.25, 0.3) is 99.5 Å². The molecule has 2 aromatic heterocycles. The van der Waals surface area contributed by atoms with Crippen LogP contribution >= 0.6 is 0 Å². The van der Waals surface area contributed by atoms with Gasteiger partial charge in [0, 0.05) is 32.9 Å². The summed E-state index contributed by atoms with van der Waals surface area (Å²) in [4.78, 5) is 0. The maximum atomic E-state index is 9.90. The second-order valence-electron chi connectivity index (χ2n) is 14.0. The summed E-state index contributed by atoms with van der Waals surface area (Å²) in [6.45, 7) is 0. The lowest BCUT2D eigenvalue weighted by molar-refractivity contribution is 1.18. The fourth-order valence-corrected chi connectivity index (χ4v) is 8.07. The van der Waals surface area contributed by atoms with Crippen molar-refractivity contribution in [3.8, 4) is 55.9 Å². The SMILES string of the molecule is [2H]c1c([2H])c([2H])c2c(c1[2H])c1c([2H])c(-c3ccc4c(c3)c3cc(-c5ccccc5)ccc3n4-c3cccc(-c4ccccc4)c3)c([2H])c([2H])c1n2-c1ccc(-c2ccccc2)cc1. The van der Waals surface area contributed by atoms with Crippen LogP contribution in [0, 0.1) is 0 Å². The van der Waals surface area contributed by atoms with Crippen LogP contribution < -0.4 is 0 Å². The number of benzene rings is 9. The molecule has 0 saturated carbocycles. The molecule has 262 valence electrons. The highest BCUT2D eigenvalue weighted by Gasteiger charge is 2.17. The summed E-state index contributed by atoms with van der Waals surface area (Å²) in [5.41, 5.74) is 10.8. The normalized spacial score (nSPS) is 13.3. The topological polar surface area (TPSA) is 9.86 Å². The zero-order valence-electron chi connectivity index (χ0n) is 37.1. The van der Waals surface area contributed by atoms with Gasteiger partial charge < -0.3 is 9.13 Å². The molecular weight excluding hydrogens is 677 g/mol. The highest BCUT2D eigenvalue weighted by atomic mass is 15.0. The summed E-state index contributed by atoms with van der Waals surface area (Å²) in [7, 11) is 0. The van der Waals surface area contributed by atoms with Crippen LogP contribution in [0.4, 0.5) is 0 Å². The van der Waals surface area contributed by atoms with Crippen molar-refractivity contribution in [1.82, 2.24) is 9.13 Å². The van der Waals surface area contributed by atoms with E-state index in [0.717, 1.165) is 60.9 Å². The first-order valence-corrected chi connectivity index (χ1v) is 18.7. The molecule has 0 atom stereocenters. The van der Waals surface area contributed by atoms with E-state index >= 15 is 0 Å². The Labute approximate surface area is 335 Å². The molecule has 0 radical (unpaired) electrons. The largest absolute Gasteiger partial charge is 0.309 e. The minimum atomic E-state index is -0.423. The molecule has 2 nitrogen and oxygen atoms in total. The standard InChI is InChI=1S/C54H36N2/c1-4-13-37(14-5-1)40-23-28-45(29-24-40)55-51-22-11-10-21-47(51)48-35-43(26-31-52(48)55)44-27-32-54-50(36-44)49-34-42(39-17-8-3-9-18-39)25-30-53(49)56(54)46-20-12-19-41(33-46)38-15-6-2-7-16-38/h1-36H/i10D,11D,21D,22D,26D,31D,35D. The van der Waals surface area contributed by atoms with Gasteiger partial charge in [0.1, 0.15) is 0 Å². The third kappa shape index (κ3) is 5.34. The lowest BCUT2D eigenvalue weighted by Gasteiger charge is -2.11.